The van der Waals surface area contributed by atoms with Crippen LogP contribution in [0.4, 0.5) is 4.79 Å². The van der Waals surface area contributed by atoms with Gasteiger partial charge in [0.05, 0.1) is 0 Å². The van der Waals surface area contributed by atoms with Gasteiger partial charge in [-0.15, -0.1) is 0 Å². The van der Waals surface area contributed by atoms with E-state index in [9.17, 15) is 4.79 Å². The van der Waals surface area contributed by atoms with Gasteiger partial charge in [0, 0.05) is 12.1 Å². The molecule has 0 radical (unpaired) electrons. The van der Waals surface area contributed by atoms with Crippen molar-refractivity contribution < 1.29 is 9.90 Å². The fourth-order valence-corrected chi connectivity index (χ4v) is 1.66. The summed E-state index contributed by atoms with van der Waals surface area (Å²) in [6.07, 6.45) is 0.745. The normalized spacial score (nSPS) is 37.1. The first-order valence-electron chi connectivity index (χ1n) is 3.84. The second-order valence-corrected chi connectivity index (χ2v) is 3.26. The summed E-state index contributed by atoms with van der Waals surface area (Å²) in [5, 5.41) is 10.9. The predicted molar refractivity (Wildman–Crippen MR) is 41.3 cm³/mol. The Balaban J connectivity index is 2.40. The van der Waals surface area contributed by atoms with E-state index in [2.05, 4.69) is 5.32 Å². The maximum absolute atomic E-state index is 10.3. The monoisotopic (exact) mass is 158 g/mol. The minimum Gasteiger partial charge on any atom is -0.465 e. The molecule has 1 aliphatic rings. The van der Waals surface area contributed by atoms with Crippen LogP contribution in [0.15, 0.2) is 0 Å². The quantitative estimate of drug-likeness (QED) is 0.516. The molecular formula is C7H14N2O2. The van der Waals surface area contributed by atoms with Crippen LogP contribution in [0.5, 0.6) is 0 Å². The number of carbonyl (C=O) groups is 1. The lowest BCUT2D eigenvalue weighted by Gasteiger charge is -2.13. The number of amides is 1. The molecule has 0 aromatic carbocycles. The predicted octanol–water partition coefficient (Wildman–Crippen LogP) is 0.380. The van der Waals surface area contributed by atoms with E-state index in [1.54, 1.807) is 0 Å². The maximum atomic E-state index is 10.3. The van der Waals surface area contributed by atoms with E-state index in [-0.39, 0.29) is 12.1 Å². The molecule has 0 aromatic heterocycles. The second-order valence-electron chi connectivity index (χ2n) is 3.26. The van der Waals surface area contributed by atoms with Crippen LogP contribution in [0, 0.1) is 5.92 Å². The molecule has 1 amide bonds. The molecule has 0 bridgehead atoms. The average Bonchev–Trinajstić information content (AvgIpc) is 2.09. The number of nitrogens with one attached hydrogen (secondary N) is 1. The summed E-state index contributed by atoms with van der Waals surface area (Å²) in [7, 11) is 0. The number of hydrogen-bond donors (Lipinski definition) is 3. The van der Waals surface area contributed by atoms with E-state index in [4.69, 9.17) is 10.8 Å². The molecule has 3 atom stereocenters. The average molecular weight is 158 g/mol. The fraction of sp³-hybridized carbons (Fsp3) is 0.857. The largest absolute Gasteiger partial charge is 0.465 e. The Morgan fingerprint density at radius 3 is 2.64 bits per heavy atom. The molecule has 1 rings (SSSR count). The molecule has 4 N–H and O–H groups in total. The molecule has 1 fully saturated rings. The highest BCUT2D eigenvalue weighted by Crippen LogP contribution is 2.23. The van der Waals surface area contributed by atoms with Crippen LogP contribution < -0.4 is 11.1 Å². The first-order chi connectivity index (χ1) is 5.09. The molecule has 0 heterocycles. The highest BCUT2D eigenvalue weighted by atomic mass is 16.4. The molecule has 4 heteroatoms. The molecule has 0 aliphatic heterocycles. The van der Waals surface area contributed by atoms with Crippen LogP contribution in [-0.4, -0.2) is 23.3 Å². The summed E-state index contributed by atoms with van der Waals surface area (Å²) in [5.41, 5.74) is 5.66. The Labute approximate surface area is 65.8 Å². The minimum atomic E-state index is -0.948. The van der Waals surface area contributed by atoms with Crippen molar-refractivity contribution >= 4 is 6.09 Å². The molecule has 0 saturated heterocycles. The van der Waals surface area contributed by atoms with Crippen molar-refractivity contribution in [1.82, 2.24) is 5.32 Å². The smallest absolute Gasteiger partial charge is 0.404 e. The summed E-state index contributed by atoms with van der Waals surface area (Å²) in [6.45, 7) is 2.02. The lowest BCUT2D eigenvalue weighted by atomic mass is 10.1. The van der Waals surface area contributed by atoms with E-state index < -0.39 is 6.09 Å². The van der Waals surface area contributed by atoms with Crippen LogP contribution in [0.3, 0.4) is 0 Å². The van der Waals surface area contributed by atoms with Gasteiger partial charge in [-0.25, -0.2) is 4.79 Å². The van der Waals surface area contributed by atoms with Crippen molar-refractivity contribution in [2.45, 2.75) is 31.8 Å². The molecule has 64 valence electrons. The second kappa shape index (κ2) is 3.09. The Morgan fingerprint density at radius 2 is 2.27 bits per heavy atom. The standard InChI is InChI=1S/C7H14N2O2/c1-4-2-5(8)3-6(4)9-7(10)11/h4-6,9H,2-3,8H2,1H3,(H,10,11)/t4-,5+,6-/m0/s1. The van der Waals surface area contributed by atoms with Crippen molar-refractivity contribution in [2.24, 2.45) is 11.7 Å². The van der Waals surface area contributed by atoms with Gasteiger partial charge in [-0.1, -0.05) is 6.92 Å². The van der Waals surface area contributed by atoms with Crippen LogP contribution in [-0.2, 0) is 0 Å². The van der Waals surface area contributed by atoms with Crippen molar-refractivity contribution in [3.05, 3.63) is 0 Å². The highest BCUT2D eigenvalue weighted by Gasteiger charge is 2.29. The third-order valence-electron chi connectivity index (χ3n) is 2.23. The third kappa shape index (κ3) is 2.08. The molecule has 4 nitrogen and oxygen atoms in total. The summed E-state index contributed by atoms with van der Waals surface area (Å²) in [4.78, 5) is 10.3. The van der Waals surface area contributed by atoms with Crippen LogP contribution in [0.2, 0.25) is 0 Å². The summed E-state index contributed by atoms with van der Waals surface area (Å²) in [6, 6.07) is 0.226. The molecule has 1 aliphatic carbocycles. The number of hydrogen-bond acceptors (Lipinski definition) is 2. The van der Waals surface area contributed by atoms with Crippen molar-refractivity contribution in [3.8, 4) is 0 Å². The van der Waals surface area contributed by atoms with Gasteiger partial charge >= 0.3 is 6.09 Å². The Kier molecular flexibility index (Phi) is 2.34. The topological polar surface area (TPSA) is 75.3 Å². The molecular weight excluding hydrogens is 144 g/mol. The number of rotatable bonds is 1. The van der Waals surface area contributed by atoms with E-state index in [1.165, 1.54) is 0 Å². The van der Waals surface area contributed by atoms with Crippen LogP contribution >= 0.6 is 0 Å². The first kappa shape index (κ1) is 8.33. The van der Waals surface area contributed by atoms with Crippen LogP contribution in [0.1, 0.15) is 19.8 Å². The zero-order chi connectivity index (χ0) is 8.43. The van der Waals surface area contributed by atoms with Crippen molar-refractivity contribution in [2.75, 3.05) is 0 Å². The van der Waals surface area contributed by atoms with Gasteiger partial charge < -0.3 is 16.2 Å². The Hall–Kier alpha value is -0.770. The molecule has 1 saturated carbocycles. The van der Waals surface area contributed by atoms with Gasteiger partial charge in [0.2, 0.25) is 0 Å². The van der Waals surface area contributed by atoms with E-state index in [1.807, 2.05) is 6.92 Å². The van der Waals surface area contributed by atoms with Gasteiger partial charge in [-0.2, -0.15) is 0 Å². The van der Waals surface area contributed by atoms with Gasteiger partial charge in [-0.05, 0) is 18.8 Å². The minimum absolute atomic E-state index is 0.0579. The summed E-state index contributed by atoms with van der Waals surface area (Å²) >= 11 is 0. The molecule has 0 aromatic rings. The lowest BCUT2D eigenvalue weighted by molar-refractivity contribution is 0.187. The first-order valence-corrected chi connectivity index (χ1v) is 3.84. The number of nitrogens with two attached hydrogens (primary N) is 1. The van der Waals surface area contributed by atoms with Gasteiger partial charge in [0.15, 0.2) is 0 Å². The number of carboxylic acid groups (broad SMARTS) is 1. The summed E-state index contributed by atoms with van der Waals surface area (Å²) < 4.78 is 0. The lowest BCUT2D eigenvalue weighted by Crippen LogP contribution is -2.35. The van der Waals surface area contributed by atoms with Crippen molar-refractivity contribution in [1.29, 1.82) is 0 Å². The summed E-state index contributed by atoms with van der Waals surface area (Å²) in [5.74, 6) is 0.376. The zero-order valence-electron chi connectivity index (χ0n) is 6.58. The Bertz CT molecular complexity index is 161. The van der Waals surface area contributed by atoms with Gasteiger partial charge in [-0.3, -0.25) is 0 Å². The molecule has 0 spiro atoms. The SMILES string of the molecule is C[C@H]1C[C@@H](N)C[C@@H]1NC(=O)O. The van der Waals surface area contributed by atoms with Gasteiger partial charge in [0.1, 0.15) is 0 Å². The zero-order valence-corrected chi connectivity index (χ0v) is 6.58. The van der Waals surface area contributed by atoms with Crippen molar-refractivity contribution in [3.63, 3.8) is 0 Å². The molecule has 11 heavy (non-hydrogen) atoms. The third-order valence-corrected chi connectivity index (χ3v) is 2.23. The van der Waals surface area contributed by atoms with E-state index >= 15 is 0 Å². The Morgan fingerprint density at radius 1 is 1.64 bits per heavy atom. The highest BCUT2D eigenvalue weighted by molar-refractivity contribution is 5.64. The molecule has 0 unspecified atom stereocenters. The van der Waals surface area contributed by atoms with Crippen LogP contribution in [0.25, 0.3) is 0 Å². The van der Waals surface area contributed by atoms with E-state index in [0.29, 0.717) is 5.92 Å². The van der Waals surface area contributed by atoms with Gasteiger partial charge in [0.25, 0.3) is 0 Å². The fourth-order valence-electron chi connectivity index (χ4n) is 1.66. The maximum Gasteiger partial charge on any atom is 0.404 e. The van der Waals surface area contributed by atoms with E-state index in [0.717, 1.165) is 12.8 Å².